The first kappa shape index (κ1) is 17.3. The van der Waals surface area contributed by atoms with Crippen LogP contribution in [-0.4, -0.2) is 18.3 Å². The van der Waals surface area contributed by atoms with Gasteiger partial charge in [-0.05, 0) is 68.5 Å². The summed E-state index contributed by atoms with van der Waals surface area (Å²) in [5.41, 5.74) is -0.581. The number of rotatable bonds is 3. The molecule has 0 radical (unpaired) electrons. The summed E-state index contributed by atoms with van der Waals surface area (Å²) >= 11 is 1.52. The van der Waals surface area contributed by atoms with Crippen molar-refractivity contribution in [2.75, 3.05) is 0 Å². The van der Waals surface area contributed by atoms with Crippen LogP contribution in [0.2, 0.25) is 0 Å². The predicted octanol–water partition coefficient (Wildman–Crippen LogP) is 5.50. The number of thiophene rings is 1. The molecular formula is C18H19BF2O2S. The third-order valence-corrected chi connectivity index (χ3v) is 5.48. The maximum absolute atomic E-state index is 14.7. The second-order valence-corrected chi connectivity index (χ2v) is 7.77. The van der Waals surface area contributed by atoms with Gasteiger partial charge in [-0.25, -0.2) is 8.78 Å². The molecule has 6 heteroatoms. The second kappa shape index (κ2) is 6.10. The van der Waals surface area contributed by atoms with Crippen LogP contribution in [0, 0.1) is 5.82 Å². The van der Waals surface area contributed by atoms with Crippen LogP contribution in [-0.2, 0) is 9.31 Å². The Hall–Kier alpha value is -1.50. The highest BCUT2D eigenvalue weighted by atomic mass is 32.1. The predicted molar refractivity (Wildman–Crippen MR) is 94.9 cm³/mol. The zero-order valence-corrected chi connectivity index (χ0v) is 14.9. The van der Waals surface area contributed by atoms with Crippen LogP contribution in [0.3, 0.4) is 0 Å². The topological polar surface area (TPSA) is 18.5 Å². The zero-order valence-electron chi connectivity index (χ0n) is 14.1. The molecule has 0 atom stereocenters. The van der Waals surface area contributed by atoms with E-state index in [1.807, 2.05) is 45.2 Å². The van der Waals surface area contributed by atoms with Gasteiger partial charge in [-0.1, -0.05) is 12.1 Å². The first-order valence-corrected chi connectivity index (χ1v) is 8.64. The quantitative estimate of drug-likeness (QED) is 0.683. The molecule has 3 rings (SSSR count). The lowest BCUT2D eigenvalue weighted by atomic mass is 9.86. The average Bonchev–Trinajstić information content (AvgIpc) is 3.06. The normalized spacial score (nSPS) is 19.8. The van der Waals surface area contributed by atoms with Gasteiger partial charge in [0.1, 0.15) is 11.5 Å². The summed E-state index contributed by atoms with van der Waals surface area (Å²) in [7, 11) is -1.09. The maximum atomic E-state index is 14.7. The number of hydrogen-bond donors (Lipinski definition) is 0. The Labute approximate surface area is 145 Å². The lowest BCUT2D eigenvalue weighted by molar-refractivity contribution is 0.00578. The fourth-order valence-electron chi connectivity index (χ4n) is 2.48. The van der Waals surface area contributed by atoms with Gasteiger partial charge in [0, 0.05) is 4.88 Å². The third-order valence-electron chi connectivity index (χ3n) is 4.57. The average molecular weight is 348 g/mol. The van der Waals surface area contributed by atoms with E-state index in [-0.39, 0.29) is 0 Å². The fourth-order valence-corrected chi connectivity index (χ4v) is 3.26. The maximum Gasteiger partial charge on any atom is 0.525 e. The van der Waals surface area contributed by atoms with Crippen molar-refractivity contribution in [2.45, 2.75) is 38.9 Å². The van der Waals surface area contributed by atoms with Crippen LogP contribution in [0.4, 0.5) is 8.78 Å². The first-order valence-electron chi connectivity index (χ1n) is 7.76. The molecule has 24 heavy (non-hydrogen) atoms. The van der Waals surface area contributed by atoms with E-state index in [0.29, 0.717) is 5.56 Å². The molecule has 2 nitrogen and oxygen atoms in total. The van der Waals surface area contributed by atoms with E-state index in [0.717, 1.165) is 10.4 Å². The van der Waals surface area contributed by atoms with Crippen molar-refractivity contribution in [3.05, 3.63) is 52.8 Å². The van der Waals surface area contributed by atoms with Crippen molar-refractivity contribution in [1.29, 1.82) is 0 Å². The van der Waals surface area contributed by atoms with Crippen molar-refractivity contribution in [3.63, 3.8) is 0 Å². The molecule has 0 amide bonds. The van der Waals surface area contributed by atoms with Crippen molar-refractivity contribution in [3.8, 4) is 10.4 Å². The van der Waals surface area contributed by atoms with Crippen LogP contribution in [0.1, 0.15) is 33.3 Å². The minimum absolute atomic E-state index is 0.414. The van der Waals surface area contributed by atoms with Gasteiger partial charge in [-0.2, -0.15) is 0 Å². The largest absolute Gasteiger partial charge is 0.525 e. The highest BCUT2D eigenvalue weighted by molar-refractivity contribution is 7.13. The van der Waals surface area contributed by atoms with Gasteiger partial charge in [0.15, 0.2) is 0 Å². The van der Waals surface area contributed by atoms with Gasteiger partial charge in [0.25, 0.3) is 0 Å². The molecule has 2 heterocycles. The van der Waals surface area contributed by atoms with Gasteiger partial charge in [-0.3, -0.25) is 0 Å². The Morgan fingerprint density at radius 1 is 1.12 bits per heavy atom. The molecule has 0 N–H and O–H groups in total. The van der Waals surface area contributed by atoms with Crippen LogP contribution in [0.15, 0.2) is 41.4 Å². The Balaban J connectivity index is 1.96. The number of halogens is 2. The summed E-state index contributed by atoms with van der Waals surface area (Å²) in [6.07, 6.45) is 1.29. The van der Waals surface area contributed by atoms with E-state index in [2.05, 4.69) is 0 Å². The minimum atomic E-state index is -1.09. The molecule has 0 unspecified atom stereocenters. The molecule has 1 aromatic heterocycles. The molecule has 0 spiro atoms. The minimum Gasteiger partial charge on any atom is -0.398 e. The summed E-state index contributed by atoms with van der Waals surface area (Å²) in [4.78, 5) is 0.947. The number of hydrogen-bond acceptors (Lipinski definition) is 3. The highest BCUT2D eigenvalue weighted by Gasteiger charge is 2.53. The molecule has 0 saturated carbocycles. The van der Waals surface area contributed by atoms with E-state index in [1.165, 1.54) is 29.5 Å². The smallest absolute Gasteiger partial charge is 0.398 e. The standard InChI is InChI=1S/C18H19BF2O2S/c1-17(2)18(3,4)23-19(22-17)16(21)11-12-10-13(20)7-8-14(12)15-6-5-9-24-15/h5-11H,1-4H3. The van der Waals surface area contributed by atoms with Gasteiger partial charge in [0.2, 0.25) is 0 Å². The van der Waals surface area contributed by atoms with Crippen molar-refractivity contribution >= 4 is 24.5 Å². The fraction of sp³-hybridized carbons (Fsp3) is 0.333. The first-order chi connectivity index (χ1) is 11.2. The monoisotopic (exact) mass is 348 g/mol. The summed E-state index contributed by atoms with van der Waals surface area (Å²) in [5.74, 6) is -0.414. The van der Waals surface area contributed by atoms with Gasteiger partial charge >= 0.3 is 7.12 Å². The molecule has 1 saturated heterocycles. The van der Waals surface area contributed by atoms with Crippen LogP contribution < -0.4 is 0 Å². The van der Waals surface area contributed by atoms with Crippen molar-refractivity contribution in [1.82, 2.24) is 0 Å². The third kappa shape index (κ3) is 3.18. The van der Waals surface area contributed by atoms with Crippen molar-refractivity contribution in [2.24, 2.45) is 0 Å². The lowest BCUT2D eigenvalue weighted by Gasteiger charge is -2.32. The van der Waals surface area contributed by atoms with Crippen LogP contribution >= 0.6 is 11.3 Å². The summed E-state index contributed by atoms with van der Waals surface area (Å²) in [6.45, 7) is 7.44. The molecule has 126 valence electrons. The van der Waals surface area contributed by atoms with E-state index < -0.39 is 29.9 Å². The molecule has 1 aliphatic rings. The molecule has 0 bridgehead atoms. The number of benzene rings is 1. The van der Waals surface area contributed by atoms with Crippen LogP contribution in [0.5, 0.6) is 0 Å². The summed E-state index contributed by atoms with van der Waals surface area (Å²) < 4.78 is 39.8. The van der Waals surface area contributed by atoms with Crippen LogP contribution in [0.25, 0.3) is 16.5 Å². The lowest BCUT2D eigenvalue weighted by Crippen LogP contribution is -2.41. The van der Waals surface area contributed by atoms with E-state index in [1.54, 1.807) is 6.07 Å². The molecule has 1 fully saturated rings. The second-order valence-electron chi connectivity index (χ2n) is 6.83. The SMILES string of the molecule is CC1(C)OB(C(F)=Cc2cc(F)ccc2-c2cccs2)OC1(C)C. The Morgan fingerprint density at radius 3 is 2.38 bits per heavy atom. The Bertz CT molecular complexity index is 753. The molecule has 1 aromatic carbocycles. The molecular weight excluding hydrogens is 329 g/mol. The van der Waals surface area contributed by atoms with Gasteiger partial charge in [0.05, 0.1) is 11.2 Å². The Morgan fingerprint density at radius 2 is 1.79 bits per heavy atom. The summed E-state index contributed by atoms with van der Waals surface area (Å²) in [5, 5.41) is 1.93. The van der Waals surface area contributed by atoms with E-state index in [9.17, 15) is 8.78 Å². The van der Waals surface area contributed by atoms with E-state index in [4.69, 9.17) is 9.31 Å². The van der Waals surface area contributed by atoms with Crippen molar-refractivity contribution < 1.29 is 18.1 Å². The van der Waals surface area contributed by atoms with Gasteiger partial charge in [-0.15, -0.1) is 11.3 Å². The Kier molecular flexibility index (Phi) is 4.40. The molecule has 0 aliphatic carbocycles. The van der Waals surface area contributed by atoms with Gasteiger partial charge < -0.3 is 9.31 Å². The highest BCUT2D eigenvalue weighted by Crippen LogP contribution is 2.39. The van der Waals surface area contributed by atoms with E-state index >= 15 is 0 Å². The zero-order chi connectivity index (χ0) is 17.5. The summed E-state index contributed by atoms with van der Waals surface area (Å²) in [6, 6.07) is 8.17. The molecule has 2 aromatic rings. The molecule has 1 aliphatic heterocycles.